The summed E-state index contributed by atoms with van der Waals surface area (Å²) in [7, 11) is 0. The standard InChI is InChI=1S/C16H12N4O/c17-15-12-8-9(5-6-14(12)19-20-15)7-11-10-3-1-2-4-13(10)18-16(11)21/h1-8H,(H,18,21)(H3,17,19,20)/b11-7-. The molecule has 4 rings (SSSR count). The van der Waals surface area contributed by atoms with Gasteiger partial charge in [0.2, 0.25) is 0 Å². The lowest BCUT2D eigenvalue weighted by molar-refractivity contribution is -0.110. The van der Waals surface area contributed by atoms with Crippen molar-refractivity contribution in [3.8, 4) is 0 Å². The molecule has 0 bridgehead atoms. The fourth-order valence-electron chi connectivity index (χ4n) is 2.59. The predicted molar refractivity (Wildman–Crippen MR) is 83.4 cm³/mol. The second-order valence-electron chi connectivity index (χ2n) is 4.97. The van der Waals surface area contributed by atoms with E-state index < -0.39 is 0 Å². The molecule has 1 aliphatic rings. The number of carbonyl (C=O) groups is 1. The first-order valence-electron chi connectivity index (χ1n) is 6.58. The second-order valence-corrected chi connectivity index (χ2v) is 4.97. The van der Waals surface area contributed by atoms with E-state index >= 15 is 0 Å². The molecule has 0 saturated heterocycles. The summed E-state index contributed by atoms with van der Waals surface area (Å²) in [6.45, 7) is 0. The Morgan fingerprint density at radius 2 is 2.00 bits per heavy atom. The number of hydrogen-bond acceptors (Lipinski definition) is 3. The summed E-state index contributed by atoms with van der Waals surface area (Å²) in [5, 5.41) is 10.5. The average Bonchev–Trinajstić information content (AvgIpc) is 3.01. The predicted octanol–water partition coefficient (Wildman–Crippen LogP) is 2.64. The summed E-state index contributed by atoms with van der Waals surface area (Å²) in [5.41, 5.74) is 10.0. The van der Waals surface area contributed by atoms with Crippen LogP contribution in [0.4, 0.5) is 11.5 Å². The minimum absolute atomic E-state index is 0.0866. The Labute approximate surface area is 120 Å². The number of amides is 1. The summed E-state index contributed by atoms with van der Waals surface area (Å²) in [6.07, 6.45) is 1.87. The molecule has 0 aliphatic carbocycles. The van der Waals surface area contributed by atoms with Crippen LogP contribution in [-0.4, -0.2) is 16.1 Å². The van der Waals surface area contributed by atoms with Crippen molar-refractivity contribution < 1.29 is 4.79 Å². The molecule has 0 fully saturated rings. The maximum absolute atomic E-state index is 12.1. The monoisotopic (exact) mass is 276 g/mol. The van der Waals surface area contributed by atoms with Gasteiger partial charge in [-0.2, -0.15) is 5.10 Å². The van der Waals surface area contributed by atoms with E-state index in [2.05, 4.69) is 15.5 Å². The van der Waals surface area contributed by atoms with Crippen LogP contribution in [0.3, 0.4) is 0 Å². The zero-order chi connectivity index (χ0) is 14.4. The zero-order valence-electron chi connectivity index (χ0n) is 11.1. The molecule has 0 saturated carbocycles. The van der Waals surface area contributed by atoms with Crippen LogP contribution in [0.15, 0.2) is 42.5 Å². The Balaban J connectivity index is 1.86. The van der Waals surface area contributed by atoms with E-state index in [4.69, 9.17) is 5.73 Å². The van der Waals surface area contributed by atoms with Gasteiger partial charge in [0.05, 0.1) is 5.52 Å². The van der Waals surface area contributed by atoms with Crippen LogP contribution >= 0.6 is 0 Å². The maximum atomic E-state index is 12.1. The van der Waals surface area contributed by atoms with Gasteiger partial charge in [0.15, 0.2) is 5.82 Å². The second kappa shape index (κ2) is 4.21. The van der Waals surface area contributed by atoms with Crippen molar-refractivity contribution in [1.82, 2.24) is 10.2 Å². The fourth-order valence-corrected chi connectivity index (χ4v) is 2.59. The molecule has 0 radical (unpaired) electrons. The van der Waals surface area contributed by atoms with E-state index in [1.54, 1.807) is 0 Å². The molecule has 1 amide bonds. The molecule has 3 aromatic rings. The smallest absolute Gasteiger partial charge is 0.256 e. The topological polar surface area (TPSA) is 83.8 Å². The van der Waals surface area contributed by atoms with Crippen LogP contribution in [-0.2, 0) is 4.79 Å². The highest BCUT2D eigenvalue weighted by Crippen LogP contribution is 2.33. The van der Waals surface area contributed by atoms with Crippen LogP contribution < -0.4 is 11.1 Å². The Hall–Kier alpha value is -3.08. The number of nitrogen functional groups attached to an aromatic ring is 1. The van der Waals surface area contributed by atoms with Crippen molar-refractivity contribution >= 4 is 40.0 Å². The van der Waals surface area contributed by atoms with Crippen molar-refractivity contribution in [3.05, 3.63) is 53.6 Å². The molecule has 1 aliphatic heterocycles. The minimum Gasteiger partial charge on any atom is -0.382 e. The number of anilines is 2. The number of aromatic nitrogens is 2. The molecule has 5 nitrogen and oxygen atoms in total. The third-order valence-electron chi connectivity index (χ3n) is 3.64. The van der Waals surface area contributed by atoms with Crippen LogP contribution in [0.25, 0.3) is 22.6 Å². The third-order valence-corrected chi connectivity index (χ3v) is 3.64. The quantitative estimate of drug-likeness (QED) is 0.597. The lowest BCUT2D eigenvalue weighted by atomic mass is 10.0. The van der Waals surface area contributed by atoms with Gasteiger partial charge < -0.3 is 11.1 Å². The number of H-pyrrole nitrogens is 1. The van der Waals surface area contributed by atoms with Crippen LogP contribution in [0.1, 0.15) is 11.1 Å². The molecule has 2 heterocycles. The summed E-state index contributed by atoms with van der Waals surface area (Å²) < 4.78 is 0. The van der Waals surface area contributed by atoms with Gasteiger partial charge in [0, 0.05) is 22.2 Å². The van der Waals surface area contributed by atoms with Crippen LogP contribution in [0.5, 0.6) is 0 Å². The number of para-hydroxylation sites is 1. The van der Waals surface area contributed by atoms with Crippen molar-refractivity contribution in [2.24, 2.45) is 0 Å². The van der Waals surface area contributed by atoms with Gasteiger partial charge >= 0.3 is 0 Å². The first-order chi connectivity index (χ1) is 10.2. The number of aromatic amines is 1. The molecule has 4 N–H and O–H groups in total. The SMILES string of the molecule is Nc1n[nH]c2ccc(/C=C3\C(=O)Nc4ccccc43)cc12. The molecule has 2 aromatic carbocycles. The van der Waals surface area contributed by atoms with Crippen LogP contribution in [0, 0.1) is 0 Å². The number of fused-ring (bicyclic) bond motifs is 2. The van der Waals surface area contributed by atoms with Gasteiger partial charge in [-0.15, -0.1) is 0 Å². The lowest BCUT2D eigenvalue weighted by Gasteiger charge is -1.99. The normalized spacial score (nSPS) is 15.4. The number of nitrogens with one attached hydrogen (secondary N) is 2. The van der Waals surface area contributed by atoms with Gasteiger partial charge in [0.25, 0.3) is 5.91 Å². The van der Waals surface area contributed by atoms with Gasteiger partial charge in [-0.1, -0.05) is 24.3 Å². The molecule has 0 atom stereocenters. The Morgan fingerprint density at radius 1 is 1.14 bits per heavy atom. The maximum Gasteiger partial charge on any atom is 0.256 e. The first kappa shape index (κ1) is 11.7. The largest absolute Gasteiger partial charge is 0.382 e. The van der Waals surface area contributed by atoms with E-state index in [1.807, 2.05) is 48.5 Å². The Morgan fingerprint density at radius 3 is 2.90 bits per heavy atom. The number of carbonyl (C=O) groups excluding carboxylic acids is 1. The summed E-state index contributed by atoms with van der Waals surface area (Å²) in [5.74, 6) is 0.373. The van der Waals surface area contributed by atoms with E-state index in [-0.39, 0.29) is 5.91 Å². The fraction of sp³-hybridized carbons (Fsp3) is 0. The minimum atomic E-state index is -0.0866. The summed E-state index contributed by atoms with van der Waals surface area (Å²) in [4.78, 5) is 12.1. The summed E-state index contributed by atoms with van der Waals surface area (Å²) in [6, 6.07) is 13.4. The van der Waals surface area contributed by atoms with Crippen molar-refractivity contribution in [1.29, 1.82) is 0 Å². The number of nitrogens with zero attached hydrogens (tertiary/aromatic N) is 1. The van der Waals surface area contributed by atoms with Gasteiger partial charge in [-0.25, -0.2) is 0 Å². The molecular formula is C16H12N4O. The highest BCUT2D eigenvalue weighted by Gasteiger charge is 2.23. The van der Waals surface area contributed by atoms with E-state index in [0.29, 0.717) is 11.4 Å². The molecule has 21 heavy (non-hydrogen) atoms. The molecule has 0 unspecified atom stereocenters. The number of hydrogen-bond donors (Lipinski definition) is 3. The number of rotatable bonds is 1. The van der Waals surface area contributed by atoms with Crippen molar-refractivity contribution in [3.63, 3.8) is 0 Å². The van der Waals surface area contributed by atoms with Crippen LogP contribution in [0.2, 0.25) is 0 Å². The van der Waals surface area contributed by atoms with Crippen molar-refractivity contribution in [2.75, 3.05) is 11.1 Å². The van der Waals surface area contributed by atoms with E-state index in [1.165, 1.54) is 0 Å². The highest BCUT2D eigenvalue weighted by atomic mass is 16.2. The van der Waals surface area contributed by atoms with E-state index in [9.17, 15) is 4.79 Å². The van der Waals surface area contributed by atoms with E-state index in [0.717, 1.165) is 27.7 Å². The molecule has 5 heteroatoms. The van der Waals surface area contributed by atoms with Gasteiger partial charge in [-0.3, -0.25) is 9.89 Å². The molecule has 0 spiro atoms. The average molecular weight is 276 g/mol. The lowest BCUT2D eigenvalue weighted by Crippen LogP contribution is -2.03. The van der Waals surface area contributed by atoms with Gasteiger partial charge in [-0.05, 0) is 29.8 Å². The third kappa shape index (κ3) is 1.79. The highest BCUT2D eigenvalue weighted by molar-refractivity contribution is 6.34. The van der Waals surface area contributed by atoms with Crippen molar-refractivity contribution in [2.45, 2.75) is 0 Å². The Bertz CT molecular complexity index is 908. The molecular weight excluding hydrogens is 264 g/mol. The Kier molecular flexibility index (Phi) is 2.35. The number of benzene rings is 2. The molecule has 102 valence electrons. The molecule has 1 aromatic heterocycles. The number of nitrogens with two attached hydrogens (primary N) is 1. The summed E-state index contributed by atoms with van der Waals surface area (Å²) >= 11 is 0. The van der Waals surface area contributed by atoms with Gasteiger partial charge in [0.1, 0.15) is 0 Å². The zero-order valence-corrected chi connectivity index (χ0v) is 11.1. The first-order valence-corrected chi connectivity index (χ1v) is 6.58.